The van der Waals surface area contributed by atoms with Crippen molar-refractivity contribution in [2.75, 3.05) is 10.6 Å². The summed E-state index contributed by atoms with van der Waals surface area (Å²) in [5.41, 5.74) is 7.21. The van der Waals surface area contributed by atoms with Crippen molar-refractivity contribution in [3.8, 4) is 0 Å². The third kappa shape index (κ3) is 4.95. The van der Waals surface area contributed by atoms with Crippen molar-refractivity contribution in [1.29, 1.82) is 0 Å². The van der Waals surface area contributed by atoms with Gasteiger partial charge in [-0.3, -0.25) is 9.10 Å². The van der Waals surface area contributed by atoms with E-state index in [1.165, 1.54) is 18.1 Å². The predicted molar refractivity (Wildman–Crippen MR) is 110 cm³/mol. The van der Waals surface area contributed by atoms with Crippen LogP contribution >= 0.6 is 0 Å². The Bertz CT molecular complexity index is 954. The van der Waals surface area contributed by atoms with E-state index in [-0.39, 0.29) is 0 Å². The summed E-state index contributed by atoms with van der Waals surface area (Å²) in [6.45, 7) is 7.59. The van der Waals surface area contributed by atoms with E-state index in [0.29, 0.717) is 5.69 Å². The van der Waals surface area contributed by atoms with Crippen LogP contribution in [0.4, 0.5) is 5.69 Å². The van der Waals surface area contributed by atoms with E-state index < -0.39 is 22.0 Å². The molecule has 2 aromatic carbocycles. The molecule has 0 saturated carbocycles. The molecule has 0 radical (unpaired) electrons. The molecule has 0 saturated heterocycles. The number of hydrogen-bond donors (Lipinski definition) is 1. The number of amides is 1. The van der Waals surface area contributed by atoms with Crippen LogP contribution in [0.3, 0.4) is 0 Å². The number of carbonyl (C=O) groups is 1. The van der Waals surface area contributed by atoms with E-state index in [1.807, 2.05) is 32.9 Å². The highest BCUT2D eigenvalue weighted by atomic mass is 32.2. The predicted octanol–water partition coefficient (Wildman–Crippen LogP) is 2.92. The third-order valence-corrected chi connectivity index (χ3v) is 5.82. The first kappa shape index (κ1) is 20.6. The standard InChI is InChI=1S/C20H25N3O3S/c1-14-11-12-18(16(3)15(14)2)13-21-22-20(24)17(4)23(27(5,25)26)19-9-7-6-8-10-19/h6-13,17H,1-5H3,(H,22,24). The van der Waals surface area contributed by atoms with E-state index in [1.54, 1.807) is 36.5 Å². The van der Waals surface area contributed by atoms with Crippen molar-refractivity contribution in [2.45, 2.75) is 33.7 Å². The van der Waals surface area contributed by atoms with Crippen molar-refractivity contribution >= 4 is 27.8 Å². The van der Waals surface area contributed by atoms with Crippen molar-refractivity contribution in [3.05, 3.63) is 64.7 Å². The second kappa shape index (κ2) is 8.35. The number of para-hydroxylation sites is 1. The maximum Gasteiger partial charge on any atom is 0.263 e. The molecule has 0 aromatic heterocycles. The molecule has 0 fully saturated rings. The lowest BCUT2D eigenvalue weighted by molar-refractivity contribution is -0.121. The fourth-order valence-corrected chi connectivity index (χ4v) is 3.93. The molecule has 1 amide bonds. The van der Waals surface area contributed by atoms with Crippen LogP contribution in [0, 0.1) is 20.8 Å². The summed E-state index contributed by atoms with van der Waals surface area (Å²) >= 11 is 0. The van der Waals surface area contributed by atoms with E-state index in [2.05, 4.69) is 10.5 Å². The van der Waals surface area contributed by atoms with Crippen LogP contribution in [0.25, 0.3) is 0 Å². The fourth-order valence-electron chi connectivity index (χ4n) is 2.76. The first-order valence-electron chi connectivity index (χ1n) is 8.57. The van der Waals surface area contributed by atoms with Gasteiger partial charge in [0.15, 0.2) is 0 Å². The number of aryl methyl sites for hydroxylation is 1. The molecular weight excluding hydrogens is 362 g/mol. The smallest absolute Gasteiger partial charge is 0.263 e. The van der Waals surface area contributed by atoms with Crippen LogP contribution in [0.1, 0.15) is 29.2 Å². The molecule has 27 heavy (non-hydrogen) atoms. The molecule has 0 heterocycles. The van der Waals surface area contributed by atoms with E-state index in [9.17, 15) is 13.2 Å². The number of hydrogen-bond acceptors (Lipinski definition) is 4. The Balaban J connectivity index is 2.18. The number of rotatable bonds is 6. The molecule has 0 aliphatic heterocycles. The SMILES string of the molecule is Cc1ccc(C=NNC(=O)C(C)N(c2ccccc2)S(C)(=O)=O)c(C)c1C. The van der Waals surface area contributed by atoms with Gasteiger partial charge in [-0.05, 0) is 62.1 Å². The third-order valence-electron chi connectivity index (χ3n) is 4.58. The van der Waals surface area contributed by atoms with Gasteiger partial charge in [-0.25, -0.2) is 13.8 Å². The minimum atomic E-state index is -3.64. The quantitative estimate of drug-likeness (QED) is 0.611. The molecule has 1 unspecified atom stereocenters. The summed E-state index contributed by atoms with van der Waals surface area (Å²) in [6, 6.07) is 11.5. The number of nitrogens with zero attached hydrogens (tertiary/aromatic N) is 2. The van der Waals surface area contributed by atoms with Gasteiger partial charge in [0.2, 0.25) is 10.0 Å². The normalized spacial score (nSPS) is 12.8. The minimum absolute atomic E-state index is 0.427. The van der Waals surface area contributed by atoms with E-state index in [0.717, 1.165) is 21.7 Å². The van der Waals surface area contributed by atoms with Gasteiger partial charge in [0, 0.05) is 0 Å². The van der Waals surface area contributed by atoms with Gasteiger partial charge in [-0.2, -0.15) is 5.10 Å². The molecule has 6 nitrogen and oxygen atoms in total. The van der Waals surface area contributed by atoms with Crippen LogP contribution in [-0.2, 0) is 14.8 Å². The molecule has 0 spiro atoms. The van der Waals surface area contributed by atoms with Gasteiger partial charge in [0.05, 0.1) is 18.2 Å². The maximum atomic E-state index is 12.5. The average Bonchev–Trinajstić information content (AvgIpc) is 2.61. The van der Waals surface area contributed by atoms with Crippen molar-refractivity contribution in [3.63, 3.8) is 0 Å². The molecule has 1 atom stereocenters. The lowest BCUT2D eigenvalue weighted by Crippen LogP contribution is -2.46. The summed E-state index contributed by atoms with van der Waals surface area (Å²) < 4.78 is 25.5. The van der Waals surface area contributed by atoms with Gasteiger partial charge < -0.3 is 0 Å². The van der Waals surface area contributed by atoms with Gasteiger partial charge in [-0.15, -0.1) is 0 Å². The van der Waals surface area contributed by atoms with Gasteiger partial charge in [0.1, 0.15) is 6.04 Å². The number of benzene rings is 2. The topological polar surface area (TPSA) is 78.8 Å². The molecule has 0 aliphatic carbocycles. The molecule has 0 bridgehead atoms. The van der Waals surface area contributed by atoms with Gasteiger partial charge in [0.25, 0.3) is 5.91 Å². The second-order valence-corrected chi connectivity index (χ2v) is 8.39. The first-order chi connectivity index (χ1) is 12.6. The largest absolute Gasteiger partial charge is 0.271 e. The summed E-state index contributed by atoms with van der Waals surface area (Å²) in [5, 5.41) is 4.01. The highest BCUT2D eigenvalue weighted by Gasteiger charge is 2.28. The van der Waals surface area contributed by atoms with E-state index >= 15 is 0 Å². The van der Waals surface area contributed by atoms with E-state index in [4.69, 9.17) is 0 Å². The average molecular weight is 388 g/mol. The number of sulfonamides is 1. The zero-order valence-corrected chi connectivity index (χ0v) is 17.0. The van der Waals surface area contributed by atoms with Crippen LogP contribution in [-0.4, -0.2) is 32.8 Å². The number of nitrogens with one attached hydrogen (secondary N) is 1. The van der Waals surface area contributed by atoms with Crippen LogP contribution < -0.4 is 9.73 Å². The Morgan fingerprint density at radius 1 is 1.07 bits per heavy atom. The first-order valence-corrected chi connectivity index (χ1v) is 10.4. The zero-order valence-electron chi connectivity index (χ0n) is 16.2. The molecule has 2 aromatic rings. The summed E-state index contributed by atoms with van der Waals surface area (Å²) in [4.78, 5) is 12.5. The molecule has 1 N–H and O–H groups in total. The van der Waals surface area contributed by atoms with Crippen molar-refractivity contribution in [2.24, 2.45) is 5.10 Å². The second-order valence-electron chi connectivity index (χ2n) is 6.53. The van der Waals surface area contributed by atoms with Crippen molar-refractivity contribution in [1.82, 2.24) is 5.43 Å². The Kier molecular flexibility index (Phi) is 6.38. The van der Waals surface area contributed by atoms with Crippen LogP contribution in [0.2, 0.25) is 0 Å². The summed E-state index contributed by atoms with van der Waals surface area (Å²) in [7, 11) is -3.64. The summed E-state index contributed by atoms with van der Waals surface area (Å²) in [6.07, 6.45) is 2.64. The Labute approximate surface area is 161 Å². The molecule has 7 heteroatoms. The van der Waals surface area contributed by atoms with Gasteiger partial charge >= 0.3 is 0 Å². The maximum absolute atomic E-state index is 12.5. The monoisotopic (exact) mass is 387 g/mol. The van der Waals surface area contributed by atoms with Crippen LogP contribution in [0.5, 0.6) is 0 Å². The molecule has 0 aliphatic rings. The fraction of sp³-hybridized carbons (Fsp3) is 0.300. The highest BCUT2D eigenvalue weighted by Crippen LogP contribution is 2.20. The minimum Gasteiger partial charge on any atom is -0.271 e. The molecule has 2 rings (SSSR count). The zero-order chi connectivity index (χ0) is 20.2. The lowest BCUT2D eigenvalue weighted by atomic mass is 10.00. The van der Waals surface area contributed by atoms with Crippen LogP contribution in [0.15, 0.2) is 47.6 Å². The number of hydrazone groups is 1. The number of anilines is 1. The Morgan fingerprint density at radius 2 is 1.70 bits per heavy atom. The van der Waals surface area contributed by atoms with Crippen molar-refractivity contribution < 1.29 is 13.2 Å². The molecule has 144 valence electrons. The highest BCUT2D eigenvalue weighted by molar-refractivity contribution is 7.92. The Morgan fingerprint density at radius 3 is 2.30 bits per heavy atom. The molecular formula is C20H25N3O3S. The lowest BCUT2D eigenvalue weighted by Gasteiger charge is -2.27. The van der Waals surface area contributed by atoms with Gasteiger partial charge in [-0.1, -0.05) is 30.3 Å². The summed E-state index contributed by atoms with van der Waals surface area (Å²) in [5.74, 6) is -0.512. The number of carbonyl (C=O) groups excluding carboxylic acids is 1. The Hall–Kier alpha value is -2.67.